The Kier molecular flexibility index (Phi) is 12.7. The van der Waals surface area contributed by atoms with Crippen molar-refractivity contribution in [2.75, 3.05) is 13.7 Å². The summed E-state index contributed by atoms with van der Waals surface area (Å²) in [6.07, 6.45) is 6.25. The lowest BCUT2D eigenvalue weighted by molar-refractivity contribution is -0.239. The molecule has 1 amide bonds. The number of rotatable bonds is 16. The van der Waals surface area contributed by atoms with Gasteiger partial charge in [0.2, 0.25) is 5.91 Å². The highest BCUT2D eigenvalue weighted by molar-refractivity contribution is 5.73. The molecule has 0 bridgehead atoms. The number of unbranched alkanes of at least 4 members (excludes halogenated alkanes) is 4. The molecule has 5 unspecified atom stereocenters. The van der Waals surface area contributed by atoms with Crippen molar-refractivity contribution < 1.29 is 28.5 Å². The van der Waals surface area contributed by atoms with Gasteiger partial charge in [0, 0.05) is 25.5 Å². The number of ether oxygens (including phenoxy) is 4. The monoisotopic (exact) mass is 606 g/mol. The molecule has 1 aliphatic heterocycles. The van der Waals surface area contributed by atoms with Crippen molar-refractivity contribution in [2.45, 2.75) is 90.9 Å². The highest BCUT2D eigenvalue weighted by atomic mass is 16.7. The van der Waals surface area contributed by atoms with E-state index in [0.29, 0.717) is 26.2 Å². The third-order valence-electron chi connectivity index (χ3n) is 8.28. The maximum atomic E-state index is 12.0. The molecule has 10 heteroatoms. The Morgan fingerprint density at radius 1 is 0.977 bits per heavy atom. The summed E-state index contributed by atoms with van der Waals surface area (Å²) in [5.74, 6) is 0.779. The smallest absolute Gasteiger partial charge is 0.306 e. The van der Waals surface area contributed by atoms with Crippen LogP contribution in [0.4, 0.5) is 0 Å². The Morgan fingerprint density at radius 3 is 2.52 bits per heavy atom. The number of nitrogens with one attached hydrogen (secondary N) is 1. The molecule has 5 atom stereocenters. The molecule has 0 saturated carbocycles. The van der Waals surface area contributed by atoms with Crippen molar-refractivity contribution >= 4 is 11.9 Å². The average Bonchev–Trinajstić information content (AvgIpc) is 3.50. The van der Waals surface area contributed by atoms with Gasteiger partial charge in [-0.2, -0.15) is 0 Å². The van der Waals surface area contributed by atoms with Crippen LogP contribution in [0.25, 0.3) is 11.3 Å². The lowest BCUT2D eigenvalue weighted by atomic mass is 9.82. The number of hydrogen-bond acceptors (Lipinski definition) is 8. The Balaban J connectivity index is 1.21. The second kappa shape index (κ2) is 16.9. The molecule has 2 aromatic carbocycles. The molecule has 1 saturated heterocycles. The Morgan fingerprint density at radius 2 is 1.75 bits per heavy atom. The lowest BCUT2D eigenvalue weighted by Crippen LogP contribution is -2.58. The zero-order chi connectivity index (χ0) is 31.3. The first-order chi connectivity index (χ1) is 21.3. The van der Waals surface area contributed by atoms with E-state index in [1.165, 1.54) is 6.92 Å². The van der Waals surface area contributed by atoms with Crippen molar-refractivity contribution in [2.24, 2.45) is 11.8 Å². The van der Waals surface area contributed by atoms with Crippen LogP contribution in [0.3, 0.4) is 0 Å². The molecule has 1 aromatic heterocycles. The summed E-state index contributed by atoms with van der Waals surface area (Å²) < 4.78 is 25.2. The average molecular weight is 607 g/mol. The third-order valence-corrected chi connectivity index (χ3v) is 8.28. The first kappa shape index (κ1) is 33.1. The fourth-order valence-electron chi connectivity index (χ4n) is 5.48. The SMILES string of the molecule is COc1cccc(-c2cn(CC3OC(OCCCCCCCC(=O)OCc4ccccc4)C(NC(C)=O)C(C)C3C)nn2)c1. The number of carbonyl (C=O) groups excluding carboxylic acids is 2. The number of benzene rings is 2. The highest BCUT2D eigenvalue weighted by Gasteiger charge is 2.42. The Labute approximate surface area is 260 Å². The van der Waals surface area contributed by atoms with Crippen molar-refractivity contribution in [1.82, 2.24) is 20.3 Å². The van der Waals surface area contributed by atoms with Gasteiger partial charge in [-0.05, 0) is 42.4 Å². The topological polar surface area (TPSA) is 114 Å². The van der Waals surface area contributed by atoms with Crippen LogP contribution in [0.5, 0.6) is 5.75 Å². The molecule has 0 spiro atoms. The second-order valence-corrected chi connectivity index (χ2v) is 11.6. The summed E-state index contributed by atoms with van der Waals surface area (Å²) in [4.78, 5) is 24.0. The second-order valence-electron chi connectivity index (χ2n) is 11.6. The molecule has 44 heavy (non-hydrogen) atoms. The molecule has 0 radical (unpaired) electrons. The fraction of sp³-hybridized carbons (Fsp3) is 0.529. The highest BCUT2D eigenvalue weighted by Crippen LogP contribution is 2.33. The first-order valence-corrected chi connectivity index (χ1v) is 15.6. The molecule has 2 heterocycles. The van der Waals surface area contributed by atoms with Gasteiger partial charge in [0.25, 0.3) is 0 Å². The standard InChI is InChI=1S/C34H46N4O6/c1-24-25(2)33(35-26(3)39)34(42-19-12-7-5-6-11-18-32(40)43-23-27-14-9-8-10-15-27)44-31(24)22-38-21-30(36-37-38)28-16-13-17-29(20-28)41-4/h8-10,13-17,20-21,24-25,31,33-34H,5-7,11-12,18-19,22-23H2,1-4H3,(H,35,39). The molecular weight excluding hydrogens is 560 g/mol. The van der Waals surface area contributed by atoms with Gasteiger partial charge in [-0.15, -0.1) is 5.10 Å². The quantitative estimate of drug-likeness (QED) is 0.167. The van der Waals surface area contributed by atoms with Gasteiger partial charge in [-0.3, -0.25) is 9.59 Å². The van der Waals surface area contributed by atoms with Gasteiger partial charge >= 0.3 is 5.97 Å². The van der Waals surface area contributed by atoms with E-state index in [2.05, 4.69) is 29.5 Å². The van der Waals surface area contributed by atoms with Crippen LogP contribution in [-0.2, 0) is 37.0 Å². The normalized spacial score (nSPS) is 21.5. The number of aromatic nitrogens is 3. The van der Waals surface area contributed by atoms with Crippen molar-refractivity contribution in [1.29, 1.82) is 0 Å². The van der Waals surface area contributed by atoms with E-state index in [-0.39, 0.29) is 35.9 Å². The van der Waals surface area contributed by atoms with Crippen LogP contribution >= 0.6 is 0 Å². The van der Waals surface area contributed by atoms with Gasteiger partial charge in [-0.1, -0.05) is 80.8 Å². The zero-order valence-electron chi connectivity index (χ0n) is 26.3. The Bertz CT molecular complexity index is 1320. The minimum atomic E-state index is -0.559. The van der Waals surface area contributed by atoms with Crippen LogP contribution in [0, 0.1) is 11.8 Å². The van der Waals surface area contributed by atoms with E-state index in [1.54, 1.807) is 11.8 Å². The molecule has 1 aliphatic rings. The summed E-state index contributed by atoms with van der Waals surface area (Å²) in [5, 5.41) is 11.8. The molecule has 10 nitrogen and oxygen atoms in total. The molecule has 3 aromatic rings. The number of hydrogen-bond donors (Lipinski definition) is 1. The van der Waals surface area contributed by atoms with Gasteiger partial charge in [-0.25, -0.2) is 4.68 Å². The van der Waals surface area contributed by atoms with Gasteiger partial charge in [0.05, 0.1) is 32.0 Å². The summed E-state index contributed by atoms with van der Waals surface area (Å²) in [6.45, 7) is 7.15. The molecule has 238 valence electrons. The van der Waals surface area contributed by atoms with Crippen molar-refractivity contribution in [3.05, 3.63) is 66.4 Å². The van der Waals surface area contributed by atoms with E-state index >= 15 is 0 Å². The predicted molar refractivity (Wildman–Crippen MR) is 166 cm³/mol. The summed E-state index contributed by atoms with van der Waals surface area (Å²) in [5.41, 5.74) is 2.68. The third kappa shape index (κ3) is 9.89. The van der Waals surface area contributed by atoms with Crippen molar-refractivity contribution in [3.8, 4) is 17.0 Å². The number of nitrogens with zero attached hydrogens (tertiary/aromatic N) is 3. The zero-order valence-corrected chi connectivity index (χ0v) is 26.3. The molecule has 1 N–H and O–H groups in total. The van der Waals surface area contributed by atoms with Crippen LogP contribution < -0.4 is 10.1 Å². The van der Waals surface area contributed by atoms with E-state index in [0.717, 1.165) is 54.7 Å². The van der Waals surface area contributed by atoms with Gasteiger partial charge < -0.3 is 24.3 Å². The summed E-state index contributed by atoms with van der Waals surface area (Å²) in [6, 6.07) is 17.2. The van der Waals surface area contributed by atoms with Crippen LogP contribution in [0.1, 0.15) is 64.9 Å². The van der Waals surface area contributed by atoms with E-state index in [1.807, 2.05) is 60.8 Å². The Hall–Kier alpha value is -3.76. The van der Waals surface area contributed by atoms with E-state index in [4.69, 9.17) is 18.9 Å². The van der Waals surface area contributed by atoms with Crippen LogP contribution in [0.2, 0.25) is 0 Å². The number of amides is 1. The van der Waals surface area contributed by atoms with Crippen LogP contribution in [0.15, 0.2) is 60.8 Å². The number of esters is 1. The first-order valence-electron chi connectivity index (χ1n) is 15.6. The minimum Gasteiger partial charge on any atom is -0.497 e. The predicted octanol–water partition coefficient (Wildman–Crippen LogP) is 5.56. The van der Waals surface area contributed by atoms with Crippen LogP contribution in [-0.4, -0.2) is 59.0 Å². The largest absolute Gasteiger partial charge is 0.497 e. The van der Waals surface area contributed by atoms with E-state index in [9.17, 15) is 9.59 Å². The molecular formula is C34H46N4O6. The number of carbonyl (C=O) groups is 2. The van der Waals surface area contributed by atoms with Gasteiger partial charge in [0.15, 0.2) is 6.29 Å². The number of methoxy groups -OCH3 is 1. The summed E-state index contributed by atoms with van der Waals surface area (Å²) >= 11 is 0. The van der Waals surface area contributed by atoms with E-state index < -0.39 is 6.29 Å². The molecule has 1 fully saturated rings. The van der Waals surface area contributed by atoms with Crippen molar-refractivity contribution in [3.63, 3.8) is 0 Å². The lowest BCUT2D eigenvalue weighted by Gasteiger charge is -2.44. The summed E-state index contributed by atoms with van der Waals surface area (Å²) in [7, 11) is 1.64. The molecule has 0 aliphatic carbocycles. The maximum absolute atomic E-state index is 12.0. The molecule has 4 rings (SSSR count). The minimum absolute atomic E-state index is 0.105. The fourth-order valence-corrected chi connectivity index (χ4v) is 5.48. The van der Waals surface area contributed by atoms with Gasteiger partial charge in [0.1, 0.15) is 18.1 Å². The maximum Gasteiger partial charge on any atom is 0.306 e.